The molecule has 68 heavy (non-hydrogen) atoms. The molecule has 12 nitrogen and oxygen atoms in total. The number of hydrogen-bond donors (Lipinski definition) is 9. The van der Waals surface area contributed by atoms with Crippen LogP contribution in [0.15, 0.2) is 152 Å². The van der Waals surface area contributed by atoms with E-state index in [-0.39, 0.29) is 51.7 Å². The third-order valence-electron chi connectivity index (χ3n) is 13.1. The van der Waals surface area contributed by atoms with E-state index >= 15 is 0 Å². The monoisotopic (exact) mass is 906 g/mol. The van der Waals surface area contributed by atoms with Gasteiger partial charge >= 0.3 is 0 Å². The van der Waals surface area contributed by atoms with Crippen LogP contribution in [-0.4, -0.2) is 46.0 Å². The van der Waals surface area contributed by atoms with Crippen molar-refractivity contribution in [3.05, 3.63) is 213 Å². The van der Waals surface area contributed by atoms with Crippen LogP contribution in [0, 0.1) is 0 Å². The zero-order chi connectivity index (χ0) is 47.0. The maximum absolute atomic E-state index is 12.3. The number of rotatable bonds is 8. The van der Waals surface area contributed by atoms with Gasteiger partial charge in [0.1, 0.15) is 75.8 Å². The molecule has 3 aliphatic heterocycles. The van der Waals surface area contributed by atoms with Gasteiger partial charge in [0, 0.05) is 16.7 Å². The second kappa shape index (κ2) is 16.2. The molecule has 0 spiro atoms. The maximum atomic E-state index is 12.3. The van der Waals surface area contributed by atoms with Gasteiger partial charge in [-0.3, -0.25) is 0 Å². The van der Waals surface area contributed by atoms with Gasteiger partial charge in [-0.05, 0) is 142 Å². The van der Waals surface area contributed by atoms with E-state index in [2.05, 4.69) is 0 Å². The molecule has 3 aliphatic rings. The van der Waals surface area contributed by atoms with Crippen LogP contribution in [0.5, 0.6) is 69.0 Å². The summed E-state index contributed by atoms with van der Waals surface area (Å²) in [6.07, 6.45) is 1.44. The van der Waals surface area contributed by atoms with Crippen molar-refractivity contribution in [1.29, 1.82) is 0 Å². The van der Waals surface area contributed by atoms with E-state index in [0.717, 1.165) is 5.56 Å². The van der Waals surface area contributed by atoms with Crippen molar-refractivity contribution in [1.82, 2.24) is 0 Å². The number of benzene rings is 8. The molecular formula is C56H42O12. The zero-order valence-corrected chi connectivity index (χ0v) is 35.8. The van der Waals surface area contributed by atoms with Gasteiger partial charge in [-0.25, -0.2) is 0 Å². The highest BCUT2D eigenvalue weighted by Crippen LogP contribution is 2.61. The van der Waals surface area contributed by atoms with Crippen LogP contribution in [0.25, 0.3) is 12.2 Å². The van der Waals surface area contributed by atoms with Gasteiger partial charge < -0.3 is 60.2 Å². The van der Waals surface area contributed by atoms with Crippen LogP contribution in [0.3, 0.4) is 0 Å². The fourth-order valence-corrected chi connectivity index (χ4v) is 9.96. The Morgan fingerprint density at radius 1 is 0.279 bits per heavy atom. The first-order chi connectivity index (χ1) is 32.9. The number of phenols is 9. The van der Waals surface area contributed by atoms with Gasteiger partial charge in [0.05, 0.1) is 17.8 Å². The van der Waals surface area contributed by atoms with Crippen molar-refractivity contribution < 1.29 is 60.2 Å². The number of phenolic OH excluding ortho intramolecular Hbond substituents is 9. The Labute approximate surface area is 389 Å². The van der Waals surface area contributed by atoms with E-state index in [0.29, 0.717) is 72.9 Å². The minimum absolute atomic E-state index is 0.0417. The van der Waals surface area contributed by atoms with Crippen molar-refractivity contribution in [2.45, 2.75) is 36.1 Å². The Kier molecular flexibility index (Phi) is 9.96. The summed E-state index contributed by atoms with van der Waals surface area (Å²) in [4.78, 5) is 0. The van der Waals surface area contributed by atoms with Gasteiger partial charge in [0.15, 0.2) is 11.5 Å². The smallest absolute Gasteiger partial charge is 0.157 e. The van der Waals surface area contributed by atoms with E-state index in [1.54, 1.807) is 115 Å². The number of hydrogen-bond acceptors (Lipinski definition) is 12. The second-order valence-corrected chi connectivity index (χ2v) is 17.4. The van der Waals surface area contributed by atoms with Crippen molar-refractivity contribution >= 4 is 12.2 Å². The molecule has 0 saturated carbocycles. The minimum Gasteiger partial charge on any atom is -0.508 e. The van der Waals surface area contributed by atoms with Gasteiger partial charge in [-0.2, -0.15) is 0 Å². The van der Waals surface area contributed by atoms with E-state index in [1.165, 1.54) is 24.3 Å². The summed E-state index contributed by atoms with van der Waals surface area (Å²) < 4.78 is 20.2. The average Bonchev–Trinajstić information content (AvgIpc) is 4.03. The summed E-state index contributed by atoms with van der Waals surface area (Å²) in [6.45, 7) is 0. The Morgan fingerprint density at radius 3 is 1.04 bits per heavy atom. The molecule has 3 heterocycles. The van der Waals surface area contributed by atoms with Crippen LogP contribution < -0.4 is 14.2 Å². The SMILES string of the molecule is Oc1ccc(/C=C/c2cc(O)c3c(c2)O[C@H](c2ccc(O)cc2)[C@H]3c2cc(O)c3c(c2)O[C@H](c2ccc(O)cc2)[C@H]3c2cc(O)c3c(c2)O[C@H](c2ccc(O)cc2)[C@H]3c2ccc(O)c(O)c2)cc1. The van der Waals surface area contributed by atoms with Gasteiger partial charge in [0.2, 0.25) is 0 Å². The van der Waals surface area contributed by atoms with Crippen LogP contribution in [0.1, 0.15) is 97.3 Å². The van der Waals surface area contributed by atoms with Gasteiger partial charge in [-0.15, -0.1) is 0 Å². The van der Waals surface area contributed by atoms with Crippen LogP contribution in [0.2, 0.25) is 0 Å². The Morgan fingerprint density at radius 2 is 0.618 bits per heavy atom. The number of aromatic hydroxyl groups is 9. The Bertz CT molecular complexity index is 3270. The summed E-state index contributed by atoms with van der Waals surface area (Å²) in [7, 11) is 0. The molecule has 0 unspecified atom stereocenters. The average molecular weight is 907 g/mol. The highest BCUT2D eigenvalue weighted by molar-refractivity contribution is 5.73. The molecule has 8 aromatic rings. The molecule has 0 aliphatic carbocycles. The van der Waals surface area contributed by atoms with E-state index in [1.807, 2.05) is 24.3 Å². The molecule has 338 valence electrons. The lowest BCUT2D eigenvalue weighted by Crippen LogP contribution is -2.12. The predicted octanol–water partition coefficient (Wildman–Crippen LogP) is 11.0. The fraction of sp³-hybridized carbons (Fsp3) is 0.107. The first-order valence-corrected chi connectivity index (χ1v) is 21.8. The molecule has 8 aromatic carbocycles. The first-order valence-electron chi connectivity index (χ1n) is 21.8. The molecule has 6 atom stereocenters. The molecule has 0 fully saturated rings. The lowest BCUT2D eigenvalue weighted by molar-refractivity contribution is 0.216. The summed E-state index contributed by atoms with van der Waals surface area (Å²) in [5, 5.41) is 97.3. The van der Waals surface area contributed by atoms with Crippen LogP contribution in [0.4, 0.5) is 0 Å². The fourth-order valence-electron chi connectivity index (χ4n) is 9.96. The maximum Gasteiger partial charge on any atom is 0.157 e. The van der Waals surface area contributed by atoms with E-state index in [4.69, 9.17) is 14.2 Å². The van der Waals surface area contributed by atoms with Crippen molar-refractivity contribution in [2.24, 2.45) is 0 Å². The van der Waals surface area contributed by atoms with Crippen molar-refractivity contribution in [2.75, 3.05) is 0 Å². The van der Waals surface area contributed by atoms with E-state index in [9.17, 15) is 46.0 Å². The normalized spacial score (nSPS) is 20.0. The summed E-state index contributed by atoms with van der Waals surface area (Å²) in [5.74, 6) is -1.66. The molecule has 12 heteroatoms. The number of fused-ring (bicyclic) bond motifs is 3. The molecular weight excluding hydrogens is 865 g/mol. The highest BCUT2D eigenvalue weighted by Gasteiger charge is 2.46. The quantitative estimate of drug-likeness (QED) is 0.0515. The zero-order valence-electron chi connectivity index (χ0n) is 35.8. The molecule has 11 rings (SSSR count). The highest BCUT2D eigenvalue weighted by atomic mass is 16.5. The number of ether oxygens (including phenoxy) is 3. The Hall–Kier alpha value is -8.90. The van der Waals surface area contributed by atoms with Gasteiger partial charge in [-0.1, -0.05) is 66.7 Å². The minimum atomic E-state index is -0.792. The summed E-state index contributed by atoms with van der Waals surface area (Å²) in [5.41, 5.74) is 6.49. The topological polar surface area (TPSA) is 210 Å². The molecule has 0 amide bonds. The predicted molar refractivity (Wildman–Crippen MR) is 251 cm³/mol. The van der Waals surface area contributed by atoms with E-state index < -0.39 is 36.1 Å². The van der Waals surface area contributed by atoms with Gasteiger partial charge in [0.25, 0.3) is 0 Å². The third kappa shape index (κ3) is 7.28. The van der Waals surface area contributed by atoms with Crippen molar-refractivity contribution in [3.63, 3.8) is 0 Å². The standard InChI is InChI=1S/C56H42O12/c57-36-12-3-28(4-13-36)1-2-29-21-42(63)51-45(22-29)66-55(31-7-16-38(59)17-8-31)49(51)34-25-44(65)53-47(27-34)68-56(32-9-18-39(60)19-10-32)50(53)35-24-43(64)52-46(26-35)67-54(30-5-14-37(58)15-6-30)48(52)33-11-20-40(61)41(62)23-33/h1-27,48-50,54-65H/b2-1+/t48-,49-,50-,54+,55+,56+/m0/s1. The van der Waals surface area contributed by atoms with Crippen molar-refractivity contribution in [3.8, 4) is 69.0 Å². The van der Waals surface area contributed by atoms with Crippen LogP contribution in [-0.2, 0) is 0 Å². The second-order valence-electron chi connectivity index (χ2n) is 17.4. The van der Waals surface area contributed by atoms with Crippen LogP contribution >= 0.6 is 0 Å². The Balaban J connectivity index is 1.03. The molecule has 9 N–H and O–H groups in total. The first kappa shape index (κ1) is 41.8. The third-order valence-corrected chi connectivity index (χ3v) is 13.1. The lowest BCUT2D eigenvalue weighted by atomic mass is 9.80. The molecule has 0 saturated heterocycles. The lowest BCUT2D eigenvalue weighted by Gasteiger charge is -2.22. The molecule has 0 radical (unpaired) electrons. The summed E-state index contributed by atoms with van der Waals surface area (Å²) in [6, 6.07) is 41.1. The molecule has 0 bridgehead atoms. The largest absolute Gasteiger partial charge is 0.508 e. The summed E-state index contributed by atoms with van der Waals surface area (Å²) >= 11 is 0. The molecule has 0 aromatic heterocycles.